The van der Waals surface area contributed by atoms with Crippen molar-refractivity contribution < 1.29 is 29.3 Å². The Bertz CT molecular complexity index is 142. The van der Waals surface area contributed by atoms with Gasteiger partial charge >= 0.3 is 11.9 Å². The van der Waals surface area contributed by atoms with E-state index in [-0.39, 0.29) is 19.8 Å². The van der Waals surface area contributed by atoms with Gasteiger partial charge in [0.1, 0.15) is 0 Å². The number of aliphatic hydroxyl groups is 2. The molecular weight excluding hydrogens is 180 g/mol. The van der Waals surface area contributed by atoms with Gasteiger partial charge in [-0.25, -0.2) is 9.59 Å². The van der Waals surface area contributed by atoms with Gasteiger partial charge in [-0.2, -0.15) is 0 Å². The molecular formula is C7H14O6. The maximum absolute atomic E-state index is 10.3. The number of carbonyl (C=O) groups is 2. The molecule has 13 heavy (non-hydrogen) atoms. The number of rotatable bonds is 2. The molecule has 0 fully saturated rings. The van der Waals surface area contributed by atoms with Crippen LogP contribution in [0.25, 0.3) is 0 Å². The highest BCUT2D eigenvalue weighted by atomic mass is 16.6. The van der Waals surface area contributed by atoms with Gasteiger partial charge in [0.2, 0.25) is 0 Å². The van der Waals surface area contributed by atoms with E-state index >= 15 is 0 Å². The smallest absolute Gasteiger partial charge is 0.417 e. The largest absolute Gasteiger partial charge is 0.461 e. The minimum Gasteiger partial charge on any atom is -0.461 e. The monoisotopic (exact) mass is 194 g/mol. The molecule has 0 amide bonds. The Morgan fingerprint density at radius 1 is 1.15 bits per heavy atom. The molecule has 6 nitrogen and oxygen atoms in total. The quantitative estimate of drug-likeness (QED) is 0.419. The summed E-state index contributed by atoms with van der Waals surface area (Å²) in [4.78, 5) is 20.5. The van der Waals surface area contributed by atoms with Crippen LogP contribution in [0.4, 0.5) is 0 Å². The van der Waals surface area contributed by atoms with Crippen LogP contribution in [0.5, 0.6) is 0 Å². The Morgan fingerprint density at radius 3 is 1.85 bits per heavy atom. The Labute approximate surface area is 76.1 Å². The first kappa shape index (κ1) is 14.4. The number of hydrogen-bond donors (Lipinski definition) is 2. The predicted octanol–water partition coefficient (Wildman–Crippen LogP) is -1.31. The van der Waals surface area contributed by atoms with Crippen molar-refractivity contribution in [1.29, 1.82) is 0 Å². The topological polar surface area (TPSA) is 93.1 Å². The summed E-state index contributed by atoms with van der Waals surface area (Å²) >= 11 is 0. The molecule has 0 rings (SSSR count). The summed E-state index contributed by atoms with van der Waals surface area (Å²) in [6, 6.07) is 0. The number of hydrogen-bond acceptors (Lipinski definition) is 6. The minimum atomic E-state index is -0.961. The molecule has 0 saturated carbocycles. The van der Waals surface area contributed by atoms with Gasteiger partial charge in [-0.15, -0.1) is 0 Å². The van der Waals surface area contributed by atoms with E-state index in [2.05, 4.69) is 9.47 Å². The molecule has 0 aromatic carbocycles. The van der Waals surface area contributed by atoms with Crippen molar-refractivity contribution in [1.82, 2.24) is 0 Å². The average molecular weight is 194 g/mol. The second kappa shape index (κ2) is 10.9. The first-order valence-corrected chi connectivity index (χ1v) is 3.60. The Hall–Kier alpha value is -1.14. The van der Waals surface area contributed by atoms with E-state index in [4.69, 9.17) is 10.2 Å². The summed E-state index contributed by atoms with van der Waals surface area (Å²) in [5, 5.41) is 15.2. The van der Waals surface area contributed by atoms with Crippen LogP contribution in [0.3, 0.4) is 0 Å². The lowest BCUT2D eigenvalue weighted by molar-refractivity contribution is -0.165. The van der Waals surface area contributed by atoms with Crippen LogP contribution in [0, 0.1) is 0 Å². The molecule has 0 aliphatic carbocycles. The summed E-state index contributed by atoms with van der Waals surface area (Å²) in [6.07, 6.45) is 0. The van der Waals surface area contributed by atoms with E-state index in [1.807, 2.05) is 0 Å². The van der Waals surface area contributed by atoms with Crippen molar-refractivity contribution in [3.8, 4) is 0 Å². The van der Waals surface area contributed by atoms with Gasteiger partial charge in [-0.05, 0) is 6.92 Å². The SMILES string of the molecule is CCOC(=O)C(=O)OC.OCCO. The summed E-state index contributed by atoms with van der Waals surface area (Å²) in [7, 11) is 1.12. The number of ether oxygens (including phenoxy) is 2. The fraction of sp³-hybridized carbons (Fsp3) is 0.714. The molecule has 0 heterocycles. The summed E-state index contributed by atoms with van der Waals surface area (Å²) in [5.41, 5.74) is 0. The Morgan fingerprint density at radius 2 is 1.62 bits per heavy atom. The molecule has 0 radical (unpaired) electrons. The predicted molar refractivity (Wildman–Crippen MR) is 42.8 cm³/mol. The first-order valence-electron chi connectivity index (χ1n) is 3.60. The van der Waals surface area contributed by atoms with E-state index in [0.29, 0.717) is 0 Å². The van der Waals surface area contributed by atoms with Crippen molar-refractivity contribution in [3.63, 3.8) is 0 Å². The van der Waals surface area contributed by atoms with E-state index in [1.165, 1.54) is 0 Å². The van der Waals surface area contributed by atoms with Gasteiger partial charge in [0, 0.05) is 0 Å². The Balaban J connectivity index is 0. The van der Waals surface area contributed by atoms with E-state index in [0.717, 1.165) is 7.11 Å². The van der Waals surface area contributed by atoms with Crippen molar-refractivity contribution in [3.05, 3.63) is 0 Å². The standard InChI is InChI=1S/C5H8O4.C2H6O2/c1-3-9-5(7)4(6)8-2;3-1-2-4/h3H2,1-2H3;3-4H,1-2H2. The van der Waals surface area contributed by atoms with E-state index in [9.17, 15) is 9.59 Å². The first-order chi connectivity index (χ1) is 6.13. The molecule has 0 saturated heterocycles. The number of methoxy groups -OCH3 is 1. The van der Waals surface area contributed by atoms with Gasteiger partial charge in [-0.3, -0.25) is 0 Å². The highest BCUT2D eigenvalue weighted by Crippen LogP contribution is 1.79. The molecule has 78 valence electrons. The van der Waals surface area contributed by atoms with Crippen molar-refractivity contribution in [2.75, 3.05) is 26.9 Å². The summed E-state index contributed by atoms with van der Waals surface area (Å²) in [5.74, 6) is -1.91. The molecule has 2 N–H and O–H groups in total. The fourth-order valence-corrected chi connectivity index (χ4v) is 0.273. The van der Waals surface area contributed by atoms with Crippen LogP contribution in [-0.2, 0) is 19.1 Å². The number of esters is 2. The second-order valence-corrected chi connectivity index (χ2v) is 1.66. The zero-order valence-corrected chi connectivity index (χ0v) is 7.65. The van der Waals surface area contributed by atoms with Crippen LogP contribution in [0.2, 0.25) is 0 Å². The van der Waals surface area contributed by atoms with Gasteiger partial charge in [0.15, 0.2) is 0 Å². The highest BCUT2D eigenvalue weighted by molar-refractivity contribution is 6.29. The van der Waals surface area contributed by atoms with Crippen molar-refractivity contribution in [2.24, 2.45) is 0 Å². The lowest BCUT2D eigenvalue weighted by Gasteiger charge is -1.96. The fourth-order valence-electron chi connectivity index (χ4n) is 0.273. The van der Waals surface area contributed by atoms with Crippen molar-refractivity contribution >= 4 is 11.9 Å². The molecule has 0 spiro atoms. The van der Waals surface area contributed by atoms with E-state index in [1.54, 1.807) is 6.92 Å². The normalized spacial score (nSPS) is 8.00. The van der Waals surface area contributed by atoms with Crippen LogP contribution in [-0.4, -0.2) is 49.1 Å². The highest BCUT2D eigenvalue weighted by Gasteiger charge is 2.13. The molecule has 0 aromatic heterocycles. The van der Waals surface area contributed by atoms with Gasteiger partial charge in [-0.1, -0.05) is 0 Å². The van der Waals surface area contributed by atoms with Gasteiger partial charge in [0.25, 0.3) is 0 Å². The summed E-state index contributed by atoms with van der Waals surface area (Å²) < 4.78 is 8.33. The molecule has 0 unspecified atom stereocenters. The van der Waals surface area contributed by atoms with Gasteiger partial charge in [0.05, 0.1) is 26.9 Å². The third kappa shape index (κ3) is 10.9. The zero-order valence-electron chi connectivity index (χ0n) is 7.65. The third-order valence-electron chi connectivity index (χ3n) is 0.727. The lowest BCUT2D eigenvalue weighted by atomic mass is 10.7. The van der Waals surface area contributed by atoms with Gasteiger partial charge < -0.3 is 19.7 Å². The number of aliphatic hydroxyl groups excluding tert-OH is 2. The zero-order chi connectivity index (χ0) is 10.7. The Kier molecular flexibility index (Phi) is 12.0. The van der Waals surface area contributed by atoms with Crippen LogP contribution in [0.15, 0.2) is 0 Å². The van der Waals surface area contributed by atoms with Crippen LogP contribution >= 0.6 is 0 Å². The number of carbonyl (C=O) groups excluding carboxylic acids is 2. The average Bonchev–Trinajstić information content (AvgIpc) is 2.17. The van der Waals surface area contributed by atoms with Crippen LogP contribution in [0.1, 0.15) is 6.92 Å². The second-order valence-electron chi connectivity index (χ2n) is 1.66. The molecule has 0 aliphatic rings. The molecule has 0 aliphatic heterocycles. The maximum Gasteiger partial charge on any atom is 0.417 e. The van der Waals surface area contributed by atoms with Crippen molar-refractivity contribution in [2.45, 2.75) is 6.92 Å². The van der Waals surface area contributed by atoms with E-state index < -0.39 is 11.9 Å². The minimum absolute atomic E-state index is 0.125. The summed E-state index contributed by atoms with van der Waals surface area (Å²) in [6.45, 7) is 1.55. The van der Waals surface area contributed by atoms with Crippen LogP contribution < -0.4 is 0 Å². The molecule has 0 aromatic rings. The third-order valence-corrected chi connectivity index (χ3v) is 0.727. The molecule has 6 heteroatoms. The molecule has 0 atom stereocenters. The molecule has 0 bridgehead atoms. The maximum atomic E-state index is 10.3. The lowest BCUT2D eigenvalue weighted by Crippen LogP contribution is -2.18.